The first-order valence-electron chi connectivity index (χ1n) is 11.1. The highest BCUT2D eigenvalue weighted by atomic mass is 32.2. The number of rotatable bonds is 20. The summed E-state index contributed by atoms with van der Waals surface area (Å²) in [5.41, 5.74) is 0. The Morgan fingerprint density at radius 2 is 0.889 bits per heavy atom. The van der Waals surface area contributed by atoms with Crippen LogP contribution in [0.3, 0.4) is 0 Å². The molecule has 0 aliphatic carbocycles. The third kappa shape index (κ3) is 21.4. The lowest BCUT2D eigenvalue weighted by Gasteiger charge is -2.06. The summed E-state index contributed by atoms with van der Waals surface area (Å²) in [5, 5.41) is 0. The molecule has 160 valence electrons. The van der Waals surface area contributed by atoms with E-state index >= 15 is 0 Å². The third-order valence-corrected chi connectivity index (χ3v) is 5.34. The Morgan fingerprint density at radius 3 is 1.26 bits per heavy atom. The van der Waals surface area contributed by atoms with Gasteiger partial charge < -0.3 is 9.47 Å². The summed E-state index contributed by atoms with van der Waals surface area (Å²) in [6, 6.07) is 0. The van der Waals surface area contributed by atoms with Crippen molar-refractivity contribution >= 4 is 23.7 Å². The molecule has 27 heavy (non-hydrogen) atoms. The smallest absolute Gasteiger partial charge is 0.315 e. The first-order valence-corrected chi connectivity index (χ1v) is 12.2. The van der Waals surface area contributed by atoms with Gasteiger partial charge in [0.15, 0.2) is 0 Å². The van der Waals surface area contributed by atoms with Crippen LogP contribution in [-0.4, -0.2) is 36.7 Å². The van der Waals surface area contributed by atoms with Crippen LogP contribution < -0.4 is 0 Å². The van der Waals surface area contributed by atoms with Crippen LogP contribution in [0.1, 0.15) is 104 Å². The van der Waals surface area contributed by atoms with Crippen molar-refractivity contribution in [3.63, 3.8) is 0 Å². The molecule has 5 heteroatoms. The molecule has 0 saturated heterocycles. The summed E-state index contributed by atoms with van der Waals surface area (Å²) in [5.74, 6) is -0.0109. The van der Waals surface area contributed by atoms with Gasteiger partial charge in [-0.25, -0.2) is 0 Å². The fourth-order valence-electron chi connectivity index (χ4n) is 2.79. The maximum atomic E-state index is 11.6. The summed E-state index contributed by atoms with van der Waals surface area (Å²) < 4.78 is 10.4. The number of carbonyl (C=O) groups excluding carboxylic acids is 2. The molecule has 0 aromatic carbocycles. The minimum atomic E-state index is -0.231. The van der Waals surface area contributed by atoms with E-state index < -0.39 is 0 Å². The van der Waals surface area contributed by atoms with Crippen molar-refractivity contribution < 1.29 is 19.1 Å². The fraction of sp³-hybridized carbons (Fsp3) is 0.909. The number of hydrogen-bond acceptors (Lipinski definition) is 5. The number of esters is 2. The predicted molar refractivity (Wildman–Crippen MR) is 115 cm³/mol. The maximum Gasteiger partial charge on any atom is 0.315 e. The molecule has 0 saturated carbocycles. The molecule has 0 heterocycles. The second-order valence-electron chi connectivity index (χ2n) is 7.18. The molecule has 0 aromatic rings. The van der Waals surface area contributed by atoms with Gasteiger partial charge in [-0.3, -0.25) is 9.59 Å². The minimum Gasteiger partial charge on any atom is -0.465 e. The Bertz CT molecular complexity index is 315. The van der Waals surface area contributed by atoms with E-state index in [2.05, 4.69) is 13.8 Å². The van der Waals surface area contributed by atoms with Gasteiger partial charge in [0, 0.05) is 0 Å². The van der Waals surface area contributed by atoms with Gasteiger partial charge in [-0.05, 0) is 12.8 Å². The van der Waals surface area contributed by atoms with E-state index in [9.17, 15) is 9.59 Å². The highest BCUT2D eigenvalue weighted by molar-refractivity contribution is 8.00. The molecule has 0 aliphatic rings. The lowest BCUT2D eigenvalue weighted by molar-refractivity contribution is -0.140. The van der Waals surface area contributed by atoms with E-state index in [1.165, 1.54) is 76.0 Å². The third-order valence-electron chi connectivity index (χ3n) is 4.46. The SMILES string of the molecule is CCCCCCCCCOC(=O)CSCC(=O)OCCCCCCCCC. The predicted octanol–water partition coefficient (Wildman–Crippen LogP) is 6.31. The number of carbonyl (C=O) groups is 2. The molecular weight excluding hydrogens is 360 g/mol. The Morgan fingerprint density at radius 1 is 0.556 bits per heavy atom. The van der Waals surface area contributed by atoms with Crippen LogP contribution in [0.5, 0.6) is 0 Å². The number of ether oxygens (including phenoxy) is 2. The van der Waals surface area contributed by atoms with Gasteiger partial charge in [0.05, 0.1) is 24.7 Å². The summed E-state index contributed by atoms with van der Waals surface area (Å²) in [6.07, 6.45) is 16.9. The molecule has 0 atom stereocenters. The first-order chi connectivity index (χ1) is 13.2. The second-order valence-corrected chi connectivity index (χ2v) is 8.16. The monoisotopic (exact) mass is 402 g/mol. The zero-order valence-electron chi connectivity index (χ0n) is 17.8. The molecule has 0 aromatic heterocycles. The number of hydrogen-bond donors (Lipinski definition) is 0. The molecule has 0 amide bonds. The molecular formula is C22H42O4S. The second kappa shape index (κ2) is 21.6. The number of unbranched alkanes of at least 4 members (excludes halogenated alkanes) is 12. The quantitative estimate of drug-likeness (QED) is 0.176. The Labute approximate surface area is 171 Å². The van der Waals surface area contributed by atoms with Gasteiger partial charge in [-0.2, -0.15) is 0 Å². The molecule has 0 radical (unpaired) electrons. The van der Waals surface area contributed by atoms with Gasteiger partial charge in [0.1, 0.15) is 0 Å². The molecule has 4 nitrogen and oxygen atoms in total. The van der Waals surface area contributed by atoms with Crippen LogP contribution in [0.2, 0.25) is 0 Å². The van der Waals surface area contributed by atoms with E-state index in [4.69, 9.17) is 9.47 Å². The maximum absolute atomic E-state index is 11.6. The summed E-state index contributed by atoms with van der Waals surface area (Å²) in [6.45, 7) is 5.42. The van der Waals surface area contributed by atoms with Crippen molar-refractivity contribution in [3.05, 3.63) is 0 Å². The van der Waals surface area contributed by atoms with Gasteiger partial charge in [-0.1, -0.05) is 90.9 Å². The van der Waals surface area contributed by atoms with Gasteiger partial charge >= 0.3 is 11.9 Å². The molecule has 0 bridgehead atoms. The normalized spacial score (nSPS) is 10.7. The lowest BCUT2D eigenvalue weighted by Crippen LogP contribution is -2.13. The highest BCUT2D eigenvalue weighted by Gasteiger charge is 2.07. The molecule has 0 rings (SSSR count). The summed E-state index contributed by atoms with van der Waals surface area (Å²) in [7, 11) is 0. The van der Waals surface area contributed by atoms with Crippen molar-refractivity contribution in [1.82, 2.24) is 0 Å². The van der Waals surface area contributed by atoms with Crippen LogP contribution in [0.4, 0.5) is 0 Å². The van der Waals surface area contributed by atoms with Crippen molar-refractivity contribution in [2.75, 3.05) is 24.7 Å². The Hall–Kier alpha value is -0.710. The zero-order valence-corrected chi connectivity index (χ0v) is 18.6. The number of thioether (sulfide) groups is 1. The van der Waals surface area contributed by atoms with Crippen LogP contribution in [-0.2, 0) is 19.1 Å². The van der Waals surface area contributed by atoms with Crippen molar-refractivity contribution in [3.8, 4) is 0 Å². The van der Waals surface area contributed by atoms with Gasteiger partial charge in [0.25, 0.3) is 0 Å². The molecule has 0 N–H and O–H groups in total. The Kier molecular flexibility index (Phi) is 21.0. The molecule has 0 aliphatic heterocycles. The summed E-state index contributed by atoms with van der Waals surface area (Å²) >= 11 is 1.28. The fourth-order valence-corrected chi connectivity index (χ4v) is 3.39. The van der Waals surface area contributed by atoms with Crippen LogP contribution in [0, 0.1) is 0 Å². The van der Waals surface area contributed by atoms with E-state index in [-0.39, 0.29) is 23.4 Å². The van der Waals surface area contributed by atoms with E-state index in [0.717, 1.165) is 25.7 Å². The zero-order chi connectivity index (χ0) is 20.0. The highest BCUT2D eigenvalue weighted by Crippen LogP contribution is 2.09. The van der Waals surface area contributed by atoms with Crippen LogP contribution >= 0.6 is 11.8 Å². The molecule has 0 unspecified atom stereocenters. The molecule has 0 fully saturated rings. The van der Waals surface area contributed by atoms with Crippen molar-refractivity contribution in [2.45, 2.75) is 104 Å². The lowest BCUT2D eigenvalue weighted by atomic mass is 10.1. The van der Waals surface area contributed by atoms with E-state index in [1.807, 2.05) is 0 Å². The molecule has 0 spiro atoms. The van der Waals surface area contributed by atoms with Gasteiger partial charge in [-0.15, -0.1) is 11.8 Å². The Balaban J connectivity index is 3.31. The van der Waals surface area contributed by atoms with Crippen molar-refractivity contribution in [1.29, 1.82) is 0 Å². The minimum absolute atomic E-state index is 0.225. The van der Waals surface area contributed by atoms with Crippen LogP contribution in [0.15, 0.2) is 0 Å². The average Bonchev–Trinajstić information content (AvgIpc) is 2.66. The van der Waals surface area contributed by atoms with Crippen molar-refractivity contribution in [2.24, 2.45) is 0 Å². The van der Waals surface area contributed by atoms with E-state index in [0.29, 0.717) is 13.2 Å². The summed E-state index contributed by atoms with van der Waals surface area (Å²) in [4.78, 5) is 23.2. The van der Waals surface area contributed by atoms with Crippen LogP contribution in [0.25, 0.3) is 0 Å². The topological polar surface area (TPSA) is 52.6 Å². The average molecular weight is 403 g/mol. The van der Waals surface area contributed by atoms with Gasteiger partial charge in [0.2, 0.25) is 0 Å². The first kappa shape index (κ1) is 26.3. The standard InChI is InChI=1S/C22H42O4S/c1-3-5-7-9-11-13-15-17-25-21(23)19-27-20-22(24)26-18-16-14-12-10-8-6-4-2/h3-20H2,1-2H3. The largest absolute Gasteiger partial charge is 0.465 e. The van der Waals surface area contributed by atoms with E-state index in [1.54, 1.807) is 0 Å².